The molecule has 6 nitrogen and oxygen atoms in total. The number of ether oxygens (including phenoxy) is 2. The number of carbonyl (C=O) groups excluding carboxylic acids is 2. The maximum atomic E-state index is 13.2. The zero-order valence-corrected chi connectivity index (χ0v) is 18.2. The molecular formula is C22H15Cl3N2O4. The van der Waals surface area contributed by atoms with E-state index in [2.05, 4.69) is 4.98 Å². The Morgan fingerprint density at radius 2 is 1.74 bits per heavy atom. The molecule has 4 rings (SSSR count). The van der Waals surface area contributed by atoms with Crippen LogP contribution in [0.5, 0.6) is 5.75 Å². The van der Waals surface area contributed by atoms with Crippen molar-refractivity contribution in [3.63, 3.8) is 0 Å². The van der Waals surface area contributed by atoms with E-state index in [1.165, 1.54) is 6.20 Å². The SMILES string of the molecule is O=C(OCC(=O)N1c2ccccc2OCC1c1ccccc1)c1ncc(Cl)c(Cl)c1Cl. The van der Waals surface area contributed by atoms with Crippen LogP contribution in [0.15, 0.2) is 60.8 Å². The van der Waals surface area contributed by atoms with Crippen molar-refractivity contribution in [2.45, 2.75) is 6.04 Å². The van der Waals surface area contributed by atoms with E-state index in [1.54, 1.807) is 23.1 Å². The van der Waals surface area contributed by atoms with Gasteiger partial charge >= 0.3 is 5.97 Å². The summed E-state index contributed by atoms with van der Waals surface area (Å²) in [5.41, 5.74) is 1.27. The molecule has 31 heavy (non-hydrogen) atoms. The molecule has 0 bridgehead atoms. The molecule has 1 aromatic heterocycles. The van der Waals surface area contributed by atoms with Gasteiger partial charge < -0.3 is 9.47 Å². The van der Waals surface area contributed by atoms with Gasteiger partial charge in [0.05, 0.1) is 26.8 Å². The number of halogens is 3. The van der Waals surface area contributed by atoms with Gasteiger partial charge in [-0.1, -0.05) is 77.3 Å². The van der Waals surface area contributed by atoms with E-state index in [0.717, 1.165) is 5.56 Å². The number of amides is 1. The number of anilines is 1. The molecule has 1 aliphatic rings. The lowest BCUT2D eigenvalue weighted by atomic mass is 10.0. The summed E-state index contributed by atoms with van der Waals surface area (Å²) in [4.78, 5) is 31.1. The average molecular weight is 478 g/mol. The number of carbonyl (C=O) groups is 2. The first-order valence-electron chi connectivity index (χ1n) is 9.23. The van der Waals surface area contributed by atoms with Crippen molar-refractivity contribution in [1.82, 2.24) is 4.98 Å². The zero-order valence-electron chi connectivity index (χ0n) is 15.9. The van der Waals surface area contributed by atoms with Gasteiger partial charge in [0.15, 0.2) is 12.3 Å². The van der Waals surface area contributed by atoms with Crippen LogP contribution in [0.1, 0.15) is 22.1 Å². The molecule has 2 aromatic carbocycles. The number of para-hydroxylation sites is 2. The van der Waals surface area contributed by atoms with Gasteiger partial charge in [-0.2, -0.15) is 0 Å². The van der Waals surface area contributed by atoms with E-state index in [4.69, 9.17) is 44.3 Å². The van der Waals surface area contributed by atoms with Gasteiger partial charge in [0, 0.05) is 6.20 Å². The van der Waals surface area contributed by atoms with Crippen molar-refractivity contribution >= 4 is 52.4 Å². The third kappa shape index (κ3) is 4.32. The molecule has 158 valence electrons. The van der Waals surface area contributed by atoms with Gasteiger partial charge in [0.2, 0.25) is 0 Å². The fourth-order valence-corrected chi connectivity index (χ4v) is 3.83. The molecule has 0 spiro atoms. The maximum Gasteiger partial charge on any atom is 0.359 e. The summed E-state index contributed by atoms with van der Waals surface area (Å²) in [5.74, 6) is -0.729. The number of rotatable bonds is 4. The van der Waals surface area contributed by atoms with Crippen molar-refractivity contribution in [2.75, 3.05) is 18.1 Å². The topological polar surface area (TPSA) is 68.7 Å². The van der Waals surface area contributed by atoms with Crippen LogP contribution in [0.4, 0.5) is 5.69 Å². The minimum Gasteiger partial charge on any atom is -0.489 e. The fourth-order valence-electron chi connectivity index (χ4n) is 3.27. The predicted molar refractivity (Wildman–Crippen MR) is 118 cm³/mol. The number of aromatic nitrogens is 1. The first kappa shape index (κ1) is 21.4. The summed E-state index contributed by atoms with van der Waals surface area (Å²) in [5, 5.41) is -0.0386. The molecule has 1 atom stereocenters. The highest BCUT2D eigenvalue weighted by Gasteiger charge is 2.34. The molecule has 0 N–H and O–H groups in total. The number of fused-ring (bicyclic) bond motifs is 1. The van der Waals surface area contributed by atoms with Gasteiger partial charge in [-0.15, -0.1) is 0 Å². The minimum absolute atomic E-state index is 0.0112. The first-order chi connectivity index (χ1) is 15.0. The molecule has 0 saturated heterocycles. The average Bonchev–Trinajstić information content (AvgIpc) is 2.80. The molecule has 3 aromatic rings. The Bertz CT molecular complexity index is 1140. The Morgan fingerprint density at radius 3 is 2.52 bits per heavy atom. The largest absolute Gasteiger partial charge is 0.489 e. The van der Waals surface area contributed by atoms with Crippen LogP contribution < -0.4 is 9.64 Å². The molecule has 2 heterocycles. The molecule has 1 unspecified atom stereocenters. The molecule has 9 heteroatoms. The summed E-state index contributed by atoms with van der Waals surface area (Å²) >= 11 is 17.8. The smallest absolute Gasteiger partial charge is 0.359 e. The Balaban J connectivity index is 1.58. The third-order valence-corrected chi connectivity index (χ3v) is 5.96. The van der Waals surface area contributed by atoms with Crippen LogP contribution in [-0.2, 0) is 9.53 Å². The third-order valence-electron chi connectivity index (χ3n) is 4.72. The predicted octanol–water partition coefficient (Wildman–Crippen LogP) is 5.37. The van der Waals surface area contributed by atoms with Gasteiger partial charge in [-0.3, -0.25) is 9.69 Å². The van der Waals surface area contributed by atoms with E-state index in [-0.39, 0.29) is 33.4 Å². The van der Waals surface area contributed by atoms with Gasteiger partial charge in [-0.05, 0) is 17.7 Å². The number of benzene rings is 2. The summed E-state index contributed by atoms with van der Waals surface area (Å²) in [6.45, 7) is -0.254. The molecule has 1 amide bonds. The molecule has 0 radical (unpaired) electrons. The van der Waals surface area contributed by atoms with Crippen LogP contribution in [0.25, 0.3) is 0 Å². The lowest BCUT2D eigenvalue weighted by Gasteiger charge is -2.37. The van der Waals surface area contributed by atoms with Gasteiger partial charge in [0.25, 0.3) is 5.91 Å². The zero-order chi connectivity index (χ0) is 22.0. The Hall–Kier alpha value is -2.80. The van der Waals surface area contributed by atoms with Crippen molar-refractivity contribution < 1.29 is 19.1 Å². The highest BCUT2D eigenvalue weighted by Crippen LogP contribution is 2.39. The van der Waals surface area contributed by atoms with Crippen LogP contribution >= 0.6 is 34.8 Å². The minimum atomic E-state index is -0.880. The molecule has 0 aliphatic carbocycles. The molecular weight excluding hydrogens is 463 g/mol. The van der Waals surface area contributed by atoms with Crippen molar-refractivity contribution in [2.24, 2.45) is 0 Å². The summed E-state index contributed by atoms with van der Waals surface area (Å²) in [6, 6.07) is 16.3. The number of nitrogens with zero attached hydrogens (tertiary/aromatic N) is 2. The van der Waals surface area contributed by atoms with Gasteiger partial charge in [-0.25, -0.2) is 9.78 Å². The van der Waals surface area contributed by atoms with Crippen LogP contribution in [-0.4, -0.2) is 30.1 Å². The van der Waals surface area contributed by atoms with Gasteiger partial charge in [0.1, 0.15) is 12.4 Å². The maximum absolute atomic E-state index is 13.2. The van der Waals surface area contributed by atoms with E-state index in [1.807, 2.05) is 36.4 Å². The number of hydrogen-bond donors (Lipinski definition) is 0. The summed E-state index contributed by atoms with van der Waals surface area (Å²) < 4.78 is 11.0. The highest BCUT2D eigenvalue weighted by molar-refractivity contribution is 6.48. The standard InChI is InChI=1S/C22H15Cl3N2O4/c23-14-10-26-21(20(25)19(14)24)22(29)31-12-18(28)27-15-8-4-5-9-17(15)30-11-16(27)13-6-2-1-3-7-13/h1-10,16H,11-12H2. The van der Waals surface area contributed by atoms with Crippen LogP contribution in [0.2, 0.25) is 15.1 Å². The van der Waals surface area contributed by atoms with E-state index in [0.29, 0.717) is 11.4 Å². The molecule has 0 saturated carbocycles. The van der Waals surface area contributed by atoms with Crippen LogP contribution in [0.3, 0.4) is 0 Å². The monoisotopic (exact) mass is 476 g/mol. The fraction of sp³-hybridized carbons (Fsp3) is 0.136. The lowest BCUT2D eigenvalue weighted by molar-refractivity contribution is -0.122. The normalized spacial score (nSPS) is 15.1. The summed E-state index contributed by atoms with van der Waals surface area (Å²) in [7, 11) is 0. The van der Waals surface area contributed by atoms with Crippen molar-refractivity contribution in [3.05, 3.63) is 87.1 Å². The van der Waals surface area contributed by atoms with Crippen molar-refractivity contribution in [3.8, 4) is 5.75 Å². The Labute approximate surface area is 193 Å². The Morgan fingerprint density at radius 1 is 1.03 bits per heavy atom. The van der Waals surface area contributed by atoms with Crippen LogP contribution in [0, 0.1) is 0 Å². The van der Waals surface area contributed by atoms with E-state index < -0.39 is 18.5 Å². The molecule has 1 aliphatic heterocycles. The lowest BCUT2D eigenvalue weighted by Crippen LogP contribution is -2.43. The summed E-state index contributed by atoms with van der Waals surface area (Å²) in [6.07, 6.45) is 1.19. The number of pyridine rings is 1. The number of esters is 1. The first-order valence-corrected chi connectivity index (χ1v) is 10.4. The second kappa shape index (κ2) is 9.14. The van der Waals surface area contributed by atoms with E-state index in [9.17, 15) is 9.59 Å². The highest BCUT2D eigenvalue weighted by atomic mass is 35.5. The van der Waals surface area contributed by atoms with Crippen molar-refractivity contribution in [1.29, 1.82) is 0 Å². The quantitative estimate of drug-likeness (QED) is 0.473. The van der Waals surface area contributed by atoms with E-state index >= 15 is 0 Å². The number of hydrogen-bond acceptors (Lipinski definition) is 5. The Kier molecular flexibility index (Phi) is 6.32. The second-order valence-corrected chi connectivity index (χ2v) is 7.79. The molecule has 0 fully saturated rings. The second-order valence-electron chi connectivity index (χ2n) is 6.63.